The van der Waals surface area contributed by atoms with Gasteiger partial charge in [-0.15, -0.1) is 11.3 Å². The maximum atomic E-state index is 13.9. The Balaban J connectivity index is 1.86. The molecule has 170 valence electrons. The average Bonchev–Trinajstić information content (AvgIpc) is 3.19. The summed E-state index contributed by atoms with van der Waals surface area (Å²) < 4.78 is 96.9. The summed E-state index contributed by atoms with van der Waals surface area (Å²) in [6, 6.07) is 5.44. The molecule has 0 atom stereocenters. The van der Waals surface area contributed by atoms with E-state index in [4.69, 9.17) is 4.74 Å². The zero-order valence-electron chi connectivity index (χ0n) is 16.4. The minimum absolute atomic E-state index is 0.0469. The number of aromatic nitrogens is 1. The molecule has 0 aliphatic carbocycles. The van der Waals surface area contributed by atoms with Crippen molar-refractivity contribution in [2.75, 3.05) is 12.5 Å². The molecular formula is C20H14F7N3OS. The Morgan fingerprint density at radius 1 is 1.00 bits per heavy atom. The van der Waals surface area contributed by atoms with Crippen LogP contribution in [0.15, 0.2) is 46.9 Å². The van der Waals surface area contributed by atoms with Crippen LogP contribution in [-0.4, -0.2) is 17.8 Å². The molecule has 0 spiro atoms. The van der Waals surface area contributed by atoms with Crippen molar-refractivity contribution in [1.29, 1.82) is 0 Å². The highest BCUT2D eigenvalue weighted by atomic mass is 32.1. The number of halogens is 7. The number of benzene rings is 2. The number of nitrogens with zero attached hydrogens (tertiary/aromatic N) is 2. The van der Waals surface area contributed by atoms with Crippen molar-refractivity contribution in [3.63, 3.8) is 0 Å². The SMILES string of the molecule is COc1ccc(-c2csc(N/N=C(\C)c3cc(C(F)(F)F)cc(C(F)(F)F)c3)n2)cc1F. The van der Waals surface area contributed by atoms with Gasteiger partial charge >= 0.3 is 12.4 Å². The van der Waals surface area contributed by atoms with E-state index in [1.807, 2.05) is 0 Å². The second kappa shape index (κ2) is 8.77. The first-order chi connectivity index (χ1) is 14.9. The normalized spacial score (nSPS) is 12.7. The minimum atomic E-state index is -4.96. The molecule has 0 aliphatic heterocycles. The number of nitrogens with one attached hydrogen (secondary N) is 1. The second-order valence-corrected chi connectivity index (χ2v) is 7.35. The van der Waals surface area contributed by atoms with E-state index in [0.29, 0.717) is 23.4 Å². The van der Waals surface area contributed by atoms with Gasteiger partial charge in [0.2, 0.25) is 5.13 Å². The lowest BCUT2D eigenvalue weighted by Gasteiger charge is -2.14. The van der Waals surface area contributed by atoms with Gasteiger partial charge in [0.15, 0.2) is 11.6 Å². The van der Waals surface area contributed by atoms with Crippen molar-refractivity contribution in [2.24, 2.45) is 5.10 Å². The Labute approximate surface area is 181 Å². The van der Waals surface area contributed by atoms with Crippen LogP contribution in [0.3, 0.4) is 0 Å². The lowest BCUT2D eigenvalue weighted by Crippen LogP contribution is -2.13. The van der Waals surface area contributed by atoms with Crippen molar-refractivity contribution in [3.8, 4) is 17.0 Å². The first-order valence-electron chi connectivity index (χ1n) is 8.78. The molecule has 3 aromatic rings. The third-order valence-corrected chi connectivity index (χ3v) is 5.02. The van der Waals surface area contributed by atoms with Gasteiger partial charge in [-0.3, -0.25) is 5.43 Å². The molecule has 0 aliphatic rings. The number of anilines is 1. The standard InChI is InChI=1S/C20H14F7N3OS/c1-10(12-5-13(19(22,23)24)8-14(6-12)20(25,26)27)29-30-18-28-16(9-32-18)11-3-4-17(31-2)15(21)7-11/h3-9H,1-2H3,(H,28,30)/b29-10+. The molecule has 12 heteroatoms. The second-order valence-electron chi connectivity index (χ2n) is 6.49. The van der Waals surface area contributed by atoms with Crippen LogP contribution in [-0.2, 0) is 12.4 Å². The lowest BCUT2D eigenvalue weighted by atomic mass is 10.0. The Hall–Kier alpha value is -3.15. The Morgan fingerprint density at radius 2 is 1.62 bits per heavy atom. The highest BCUT2D eigenvalue weighted by molar-refractivity contribution is 7.14. The fraction of sp³-hybridized carbons (Fsp3) is 0.200. The number of hydrogen-bond donors (Lipinski definition) is 1. The van der Waals surface area contributed by atoms with Gasteiger partial charge in [0.1, 0.15) is 0 Å². The van der Waals surface area contributed by atoms with E-state index < -0.39 is 29.3 Å². The zero-order chi connectivity index (χ0) is 23.7. The van der Waals surface area contributed by atoms with Crippen LogP contribution in [0.5, 0.6) is 5.75 Å². The molecule has 0 fully saturated rings. The molecule has 0 saturated heterocycles. The van der Waals surface area contributed by atoms with E-state index in [2.05, 4.69) is 15.5 Å². The highest BCUT2D eigenvalue weighted by Gasteiger charge is 2.37. The van der Waals surface area contributed by atoms with Crippen LogP contribution < -0.4 is 10.2 Å². The largest absolute Gasteiger partial charge is 0.494 e. The molecule has 32 heavy (non-hydrogen) atoms. The third kappa shape index (κ3) is 5.36. The summed E-state index contributed by atoms with van der Waals surface area (Å²) >= 11 is 1.07. The van der Waals surface area contributed by atoms with Crippen molar-refractivity contribution >= 4 is 22.2 Å². The van der Waals surface area contributed by atoms with Gasteiger partial charge in [-0.2, -0.15) is 31.4 Å². The van der Waals surface area contributed by atoms with Crippen molar-refractivity contribution in [1.82, 2.24) is 4.98 Å². The Bertz CT molecular complexity index is 1120. The molecule has 1 heterocycles. The molecule has 0 unspecified atom stereocenters. The maximum Gasteiger partial charge on any atom is 0.416 e. The molecule has 0 saturated carbocycles. The molecule has 4 nitrogen and oxygen atoms in total. The van der Waals surface area contributed by atoms with Crippen molar-refractivity contribution in [3.05, 3.63) is 64.3 Å². The van der Waals surface area contributed by atoms with E-state index in [0.717, 1.165) is 11.3 Å². The quantitative estimate of drug-likeness (QED) is 0.249. The van der Waals surface area contributed by atoms with Gasteiger partial charge in [-0.1, -0.05) is 0 Å². The van der Waals surface area contributed by atoms with E-state index >= 15 is 0 Å². The zero-order valence-corrected chi connectivity index (χ0v) is 17.2. The molecule has 2 aromatic carbocycles. The number of alkyl halides is 6. The first-order valence-corrected chi connectivity index (χ1v) is 9.66. The van der Waals surface area contributed by atoms with Crippen molar-refractivity contribution < 1.29 is 35.5 Å². The average molecular weight is 477 g/mol. The van der Waals surface area contributed by atoms with Crippen LogP contribution in [0.25, 0.3) is 11.3 Å². The van der Waals surface area contributed by atoms with Gasteiger partial charge in [-0.05, 0) is 48.9 Å². The van der Waals surface area contributed by atoms with Gasteiger partial charge in [0, 0.05) is 10.9 Å². The van der Waals surface area contributed by atoms with E-state index in [1.54, 1.807) is 11.4 Å². The Kier molecular flexibility index (Phi) is 6.44. The smallest absolute Gasteiger partial charge is 0.416 e. The summed E-state index contributed by atoms with van der Waals surface area (Å²) in [4.78, 5) is 4.19. The summed E-state index contributed by atoms with van der Waals surface area (Å²) in [7, 11) is 1.32. The van der Waals surface area contributed by atoms with E-state index in [1.165, 1.54) is 26.2 Å². The van der Waals surface area contributed by atoms with Crippen molar-refractivity contribution in [2.45, 2.75) is 19.3 Å². The molecule has 0 bridgehead atoms. The predicted octanol–water partition coefficient (Wildman–Crippen LogP) is 6.83. The number of methoxy groups -OCH3 is 1. The minimum Gasteiger partial charge on any atom is -0.494 e. The summed E-state index contributed by atoms with van der Waals surface area (Å²) in [5, 5.41) is 5.64. The lowest BCUT2D eigenvalue weighted by molar-refractivity contribution is -0.143. The predicted molar refractivity (Wildman–Crippen MR) is 106 cm³/mol. The van der Waals surface area contributed by atoms with Crippen LogP contribution in [0.2, 0.25) is 0 Å². The molecular weight excluding hydrogens is 463 g/mol. The van der Waals surface area contributed by atoms with E-state index in [9.17, 15) is 30.7 Å². The fourth-order valence-electron chi connectivity index (χ4n) is 2.64. The number of hydrazone groups is 1. The van der Waals surface area contributed by atoms with Gasteiger partial charge in [0.25, 0.3) is 0 Å². The van der Waals surface area contributed by atoms with Gasteiger partial charge < -0.3 is 4.74 Å². The van der Waals surface area contributed by atoms with Crippen LogP contribution >= 0.6 is 11.3 Å². The van der Waals surface area contributed by atoms with Gasteiger partial charge in [-0.25, -0.2) is 9.37 Å². The summed E-state index contributed by atoms with van der Waals surface area (Å²) in [6.07, 6.45) is -9.91. The van der Waals surface area contributed by atoms with Crippen LogP contribution in [0.4, 0.5) is 35.9 Å². The van der Waals surface area contributed by atoms with Crippen LogP contribution in [0, 0.1) is 5.82 Å². The van der Waals surface area contributed by atoms with Gasteiger partial charge in [0.05, 0.1) is 29.6 Å². The third-order valence-electron chi connectivity index (χ3n) is 4.28. The first kappa shape index (κ1) is 23.5. The topological polar surface area (TPSA) is 46.5 Å². The molecule has 1 N–H and O–H groups in total. The molecule has 0 amide bonds. The number of thiazole rings is 1. The maximum absolute atomic E-state index is 13.9. The number of rotatable bonds is 5. The Morgan fingerprint density at radius 3 is 2.16 bits per heavy atom. The molecule has 3 rings (SSSR count). The fourth-order valence-corrected chi connectivity index (χ4v) is 3.30. The number of ether oxygens (including phenoxy) is 1. The molecule has 0 radical (unpaired) electrons. The van der Waals surface area contributed by atoms with E-state index in [-0.39, 0.29) is 28.2 Å². The summed E-state index contributed by atoms with van der Waals surface area (Å²) in [6.45, 7) is 1.26. The number of hydrogen-bond acceptors (Lipinski definition) is 5. The van der Waals surface area contributed by atoms with Crippen LogP contribution in [0.1, 0.15) is 23.6 Å². The summed E-state index contributed by atoms with van der Waals surface area (Å²) in [5.74, 6) is -0.534. The monoisotopic (exact) mass is 477 g/mol. The molecule has 1 aromatic heterocycles. The summed E-state index contributed by atoms with van der Waals surface area (Å²) in [5.41, 5.74) is -0.000125. The highest BCUT2D eigenvalue weighted by Crippen LogP contribution is 2.36.